The average molecular weight is 446 g/mol. The molecule has 1 amide bonds. The molecule has 1 aromatic rings. The topological polar surface area (TPSA) is 69.7 Å². The van der Waals surface area contributed by atoms with E-state index in [-0.39, 0.29) is 31.0 Å². The lowest BCUT2D eigenvalue weighted by molar-refractivity contribution is -0.121. The van der Waals surface area contributed by atoms with Gasteiger partial charge in [0, 0.05) is 38.2 Å². The molecule has 0 bridgehead atoms. The number of carbonyl (C=O) groups is 1. The Kier molecular flexibility index (Phi) is 9.48. The van der Waals surface area contributed by atoms with Gasteiger partial charge in [-0.1, -0.05) is 13.3 Å². The summed E-state index contributed by atoms with van der Waals surface area (Å²) in [5.41, 5.74) is 0.0452. The van der Waals surface area contributed by atoms with Crippen molar-refractivity contribution in [3.05, 3.63) is 29.8 Å². The maximum atomic E-state index is 13.5. The number of carbonyl (C=O) groups excluding carboxylic acids is 1. The van der Waals surface area contributed by atoms with E-state index in [0.29, 0.717) is 12.6 Å². The summed E-state index contributed by atoms with van der Waals surface area (Å²) in [4.78, 5) is 14.6. The zero-order valence-corrected chi connectivity index (χ0v) is 18.7. The van der Waals surface area contributed by atoms with Gasteiger partial charge in [0.1, 0.15) is 0 Å². The molecule has 6 nitrogen and oxygen atoms in total. The minimum Gasteiger partial charge on any atom is -0.356 e. The van der Waals surface area contributed by atoms with Crippen LogP contribution in [0.1, 0.15) is 51.9 Å². The monoisotopic (exact) mass is 445 g/mol. The van der Waals surface area contributed by atoms with Crippen LogP contribution in [-0.2, 0) is 14.8 Å². The molecule has 1 fully saturated rings. The number of nitrogens with zero attached hydrogens (tertiary/aromatic N) is 2. The van der Waals surface area contributed by atoms with E-state index in [2.05, 4.69) is 17.1 Å². The highest BCUT2D eigenvalue weighted by molar-refractivity contribution is 7.92. The van der Waals surface area contributed by atoms with Gasteiger partial charge in [-0.05, 0) is 50.8 Å². The highest BCUT2D eigenvalue weighted by Gasteiger charge is 2.21. The fourth-order valence-electron chi connectivity index (χ4n) is 3.92. The number of rotatable bonds is 11. The van der Waals surface area contributed by atoms with E-state index in [4.69, 9.17) is 0 Å². The van der Waals surface area contributed by atoms with Crippen molar-refractivity contribution >= 4 is 21.6 Å². The normalized spacial score (nSPS) is 17.7. The minimum absolute atomic E-state index is 0.0171. The summed E-state index contributed by atoms with van der Waals surface area (Å²) < 4.78 is 51.6. The summed E-state index contributed by atoms with van der Waals surface area (Å²) >= 11 is 0. The second-order valence-corrected chi connectivity index (χ2v) is 9.74. The molecule has 1 heterocycles. The van der Waals surface area contributed by atoms with Gasteiger partial charge in [-0.15, -0.1) is 0 Å². The Morgan fingerprint density at radius 1 is 1.23 bits per heavy atom. The minimum atomic E-state index is -3.68. The second kappa shape index (κ2) is 11.6. The van der Waals surface area contributed by atoms with Crippen molar-refractivity contribution in [1.82, 2.24) is 10.2 Å². The zero-order chi connectivity index (χ0) is 22.1. The molecular formula is C21H33F2N3O3S. The first-order valence-electron chi connectivity index (χ1n) is 10.7. The molecule has 0 aliphatic carbocycles. The number of hydrogen-bond acceptors (Lipinski definition) is 4. The molecule has 1 aliphatic rings. The van der Waals surface area contributed by atoms with Gasteiger partial charge < -0.3 is 10.2 Å². The first kappa shape index (κ1) is 24.5. The maximum absolute atomic E-state index is 13.5. The Hall–Kier alpha value is -1.74. The molecule has 0 radical (unpaired) electrons. The van der Waals surface area contributed by atoms with E-state index in [0.717, 1.165) is 48.6 Å². The van der Waals surface area contributed by atoms with Crippen molar-refractivity contribution in [2.24, 2.45) is 0 Å². The highest BCUT2D eigenvalue weighted by atomic mass is 32.2. The van der Waals surface area contributed by atoms with Crippen LogP contribution < -0.4 is 9.62 Å². The number of nitrogens with one attached hydrogen (secondary N) is 1. The third kappa shape index (κ3) is 7.50. The van der Waals surface area contributed by atoms with Crippen LogP contribution in [-0.4, -0.2) is 57.7 Å². The molecule has 1 saturated heterocycles. The summed E-state index contributed by atoms with van der Waals surface area (Å²) in [5.74, 6) is -2.29. The van der Waals surface area contributed by atoms with Gasteiger partial charge in [0.25, 0.3) is 0 Å². The molecule has 2 rings (SSSR count). The molecule has 0 saturated carbocycles. The first-order chi connectivity index (χ1) is 14.2. The number of hydrogen-bond donors (Lipinski definition) is 1. The van der Waals surface area contributed by atoms with Crippen molar-refractivity contribution < 1.29 is 22.0 Å². The van der Waals surface area contributed by atoms with Gasteiger partial charge in [0.05, 0.1) is 11.9 Å². The third-order valence-electron chi connectivity index (χ3n) is 5.52. The van der Waals surface area contributed by atoms with Gasteiger partial charge in [-0.25, -0.2) is 17.2 Å². The van der Waals surface area contributed by atoms with Crippen molar-refractivity contribution in [1.29, 1.82) is 0 Å². The number of likely N-dealkylation sites (tertiary alicyclic amines) is 1. The van der Waals surface area contributed by atoms with E-state index in [9.17, 15) is 22.0 Å². The molecule has 0 aromatic heterocycles. The van der Waals surface area contributed by atoms with E-state index in [1.807, 2.05) is 0 Å². The van der Waals surface area contributed by atoms with Crippen LogP contribution in [0.4, 0.5) is 14.5 Å². The van der Waals surface area contributed by atoms with E-state index in [1.54, 1.807) is 0 Å². The third-order valence-corrected chi connectivity index (χ3v) is 6.72. The Labute approximate surface area is 178 Å². The summed E-state index contributed by atoms with van der Waals surface area (Å²) in [7, 11) is -3.68. The van der Waals surface area contributed by atoms with Crippen molar-refractivity contribution in [3.8, 4) is 0 Å². The van der Waals surface area contributed by atoms with Gasteiger partial charge in [-0.3, -0.25) is 9.10 Å². The number of sulfonamides is 1. The van der Waals surface area contributed by atoms with Crippen molar-refractivity contribution in [2.75, 3.05) is 36.7 Å². The number of benzene rings is 1. The average Bonchev–Trinajstić information content (AvgIpc) is 2.70. The number of piperidine rings is 1. The molecule has 9 heteroatoms. The number of anilines is 1. The number of amides is 1. The second-order valence-electron chi connectivity index (χ2n) is 7.83. The maximum Gasteiger partial charge on any atom is 0.232 e. The van der Waals surface area contributed by atoms with Crippen LogP contribution in [0.15, 0.2) is 18.2 Å². The SMILES string of the molecule is CC[C@@H]1CCCCN1CCCNC(=O)CCCN(c1ccc(F)c(F)c1)S(C)(=O)=O. The van der Waals surface area contributed by atoms with Gasteiger partial charge >= 0.3 is 0 Å². The van der Waals surface area contributed by atoms with E-state index < -0.39 is 21.7 Å². The molecule has 1 N–H and O–H groups in total. The Bertz CT molecular complexity index is 805. The molecule has 0 spiro atoms. The zero-order valence-electron chi connectivity index (χ0n) is 17.9. The quantitative estimate of drug-likeness (QED) is 0.531. The van der Waals surface area contributed by atoms with Gasteiger partial charge in [-0.2, -0.15) is 0 Å². The fourth-order valence-corrected chi connectivity index (χ4v) is 4.88. The predicted octanol–water partition coefficient (Wildman–Crippen LogP) is 3.28. The molecule has 1 atom stereocenters. The lowest BCUT2D eigenvalue weighted by Crippen LogP contribution is -2.40. The largest absolute Gasteiger partial charge is 0.356 e. The first-order valence-corrected chi connectivity index (χ1v) is 12.5. The Morgan fingerprint density at radius 3 is 2.67 bits per heavy atom. The van der Waals surface area contributed by atoms with Crippen LogP contribution in [0.25, 0.3) is 0 Å². The molecule has 0 unspecified atom stereocenters. The lowest BCUT2D eigenvalue weighted by atomic mass is 10.00. The van der Waals surface area contributed by atoms with E-state index >= 15 is 0 Å². The van der Waals surface area contributed by atoms with E-state index in [1.165, 1.54) is 25.3 Å². The number of halogens is 2. The van der Waals surface area contributed by atoms with Crippen LogP contribution in [0.5, 0.6) is 0 Å². The predicted molar refractivity (Wildman–Crippen MR) is 115 cm³/mol. The van der Waals surface area contributed by atoms with Crippen molar-refractivity contribution in [3.63, 3.8) is 0 Å². The van der Waals surface area contributed by atoms with Crippen LogP contribution >= 0.6 is 0 Å². The summed E-state index contributed by atoms with van der Waals surface area (Å²) in [6, 6.07) is 3.60. The summed E-state index contributed by atoms with van der Waals surface area (Å²) in [6.07, 6.45) is 7.25. The van der Waals surface area contributed by atoms with Gasteiger partial charge in [0.15, 0.2) is 11.6 Å². The van der Waals surface area contributed by atoms with Crippen LogP contribution in [0, 0.1) is 11.6 Å². The molecule has 30 heavy (non-hydrogen) atoms. The fraction of sp³-hybridized carbons (Fsp3) is 0.667. The smallest absolute Gasteiger partial charge is 0.232 e. The lowest BCUT2D eigenvalue weighted by Gasteiger charge is -2.35. The molecular weight excluding hydrogens is 412 g/mol. The highest BCUT2D eigenvalue weighted by Crippen LogP contribution is 2.21. The standard InChI is InChI=1S/C21H33F2N3O3S/c1-3-17-8-4-5-13-25(17)14-7-12-24-21(27)9-6-15-26(30(2,28)29)18-10-11-19(22)20(23)16-18/h10-11,16-17H,3-9,12-15H2,1-2H3,(H,24,27)/t17-/m1/s1. The molecule has 170 valence electrons. The van der Waals surface area contributed by atoms with Crippen molar-refractivity contribution in [2.45, 2.75) is 57.9 Å². The van der Waals surface area contributed by atoms with Gasteiger partial charge in [0.2, 0.25) is 15.9 Å². The molecule has 1 aromatic carbocycles. The molecule has 1 aliphatic heterocycles. The van der Waals surface area contributed by atoms with Crippen LogP contribution in [0.3, 0.4) is 0 Å². The van der Waals surface area contributed by atoms with Crippen LogP contribution in [0.2, 0.25) is 0 Å². The Morgan fingerprint density at radius 2 is 2.00 bits per heavy atom. The summed E-state index contributed by atoms with van der Waals surface area (Å²) in [5, 5.41) is 2.88. The Balaban J connectivity index is 1.74. The summed E-state index contributed by atoms with van der Waals surface area (Å²) in [6.45, 7) is 4.91.